The standard InChI is InChI=1S/C14H11ClO5S/c1-7(8-4-2-3-5-9(8)15)20-10-6-11(13(16)17)21-12(10)14(18)19/h2-7H,1H3,(H,16,17)(H,18,19)/t7-/m1/s1. The predicted octanol–water partition coefficient (Wildman–Crippen LogP) is 3.94. The summed E-state index contributed by atoms with van der Waals surface area (Å²) in [6.07, 6.45) is -0.506. The average molecular weight is 327 g/mol. The Bertz CT molecular complexity index is 694. The summed E-state index contributed by atoms with van der Waals surface area (Å²) in [5.41, 5.74) is 0.693. The summed E-state index contributed by atoms with van der Waals surface area (Å²) in [6.45, 7) is 1.71. The van der Waals surface area contributed by atoms with Crippen LogP contribution >= 0.6 is 22.9 Å². The van der Waals surface area contributed by atoms with Gasteiger partial charge in [-0.3, -0.25) is 0 Å². The lowest BCUT2D eigenvalue weighted by molar-refractivity contribution is 0.0687. The number of thiophene rings is 1. The normalized spacial score (nSPS) is 11.9. The second-order valence-electron chi connectivity index (χ2n) is 4.20. The van der Waals surface area contributed by atoms with Gasteiger partial charge in [-0.25, -0.2) is 9.59 Å². The van der Waals surface area contributed by atoms with Gasteiger partial charge in [-0.2, -0.15) is 0 Å². The van der Waals surface area contributed by atoms with Crippen molar-refractivity contribution in [3.8, 4) is 5.75 Å². The van der Waals surface area contributed by atoms with E-state index in [-0.39, 0.29) is 15.5 Å². The molecule has 1 heterocycles. The monoisotopic (exact) mass is 326 g/mol. The van der Waals surface area contributed by atoms with Crippen molar-refractivity contribution >= 4 is 34.9 Å². The molecule has 1 aromatic carbocycles. The van der Waals surface area contributed by atoms with Crippen LogP contribution in [0.15, 0.2) is 30.3 Å². The number of benzene rings is 1. The zero-order valence-corrected chi connectivity index (χ0v) is 12.4. The van der Waals surface area contributed by atoms with Crippen LogP contribution in [0.25, 0.3) is 0 Å². The lowest BCUT2D eigenvalue weighted by atomic mass is 10.1. The smallest absolute Gasteiger partial charge is 0.349 e. The van der Waals surface area contributed by atoms with E-state index < -0.39 is 18.0 Å². The maximum atomic E-state index is 11.2. The first-order valence-corrected chi connectivity index (χ1v) is 7.11. The molecular formula is C14H11ClO5S. The fourth-order valence-corrected chi connectivity index (χ4v) is 2.83. The van der Waals surface area contributed by atoms with Gasteiger partial charge in [-0.05, 0) is 13.0 Å². The van der Waals surface area contributed by atoms with Crippen molar-refractivity contribution < 1.29 is 24.5 Å². The quantitative estimate of drug-likeness (QED) is 0.869. The van der Waals surface area contributed by atoms with Crippen LogP contribution in [0.2, 0.25) is 5.02 Å². The van der Waals surface area contributed by atoms with Crippen LogP contribution in [-0.4, -0.2) is 22.2 Å². The van der Waals surface area contributed by atoms with Crippen molar-refractivity contribution in [1.29, 1.82) is 0 Å². The van der Waals surface area contributed by atoms with Crippen LogP contribution in [0.5, 0.6) is 5.75 Å². The number of rotatable bonds is 5. The molecule has 0 saturated heterocycles. The maximum absolute atomic E-state index is 11.2. The zero-order chi connectivity index (χ0) is 15.6. The summed E-state index contributed by atoms with van der Waals surface area (Å²) in [6, 6.07) is 8.23. The van der Waals surface area contributed by atoms with Crippen LogP contribution < -0.4 is 4.74 Å². The number of halogens is 1. The van der Waals surface area contributed by atoms with Crippen LogP contribution in [-0.2, 0) is 0 Å². The van der Waals surface area contributed by atoms with Crippen LogP contribution in [0.3, 0.4) is 0 Å². The van der Waals surface area contributed by atoms with Gasteiger partial charge >= 0.3 is 11.9 Å². The van der Waals surface area contributed by atoms with Crippen molar-refractivity contribution in [1.82, 2.24) is 0 Å². The maximum Gasteiger partial charge on any atom is 0.349 e. The Kier molecular flexibility index (Phi) is 4.50. The molecule has 110 valence electrons. The first kappa shape index (κ1) is 15.3. The van der Waals surface area contributed by atoms with Crippen molar-refractivity contribution in [2.75, 3.05) is 0 Å². The van der Waals surface area contributed by atoms with E-state index in [1.807, 2.05) is 0 Å². The van der Waals surface area contributed by atoms with E-state index in [4.69, 9.17) is 26.6 Å². The lowest BCUT2D eigenvalue weighted by Gasteiger charge is -2.15. The number of hydrogen-bond donors (Lipinski definition) is 2. The van der Waals surface area contributed by atoms with Gasteiger partial charge < -0.3 is 14.9 Å². The number of carbonyl (C=O) groups is 2. The molecule has 0 aliphatic carbocycles. The molecule has 0 unspecified atom stereocenters. The number of aromatic carboxylic acids is 2. The third kappa shape index (κ3) is 3.34. The Labute approximate surface area is 129 Å². The Morgan fingerprint density at radius 1 is 1.24 bits per heavy atom. The minimum Gasteiger partial charge on any atom is -0.484 e. The van der Waals surface area contributed by atoms with E-state index in [2.05, 4.69) is 0 Å². The second-order valence-corrected chi connectivity index (χ2v) is 5.66. The third-order valence-corrected chi connectivity index (χ3v) is 4.19. The summed E-state index contributed by atoms with van der Waals surface area (Å²) in [5.74, 6) is -2.39. The fourth-order valence-electron chi connectivity index (χ4n) is 1.78. The van der Waals surface area contributed by atoms with Gasteiger partial charge in [0.25, 0.3) is 0 Å². The van der Waals surface area contributed by atoms with Crippen molar-refractivity contribution in [2.45, 2.75) is 13.0 Å². The highest BCUT2D eigenvalue weighted by Gasteiger charge is 2.22. The summed E-state index contributed by atoms with van der Waals surface area (Å²) in [4.78, 5) is 21.9. The highest BCUT2D eigenvalue weighted by atomic mass is 35.5. The van der Waals surface area contributed by atoms with Gasteiger partial charge in [0.15, 0.2) is 4.88 Å². The summed E-state index contributed by atoms with van der Waals surface area (Å²) in [5, 5.41) is 18.5. The Morgan fingerprint density at radius 3 is 2.48 bits per heavy atom. The molecule has 0 fully saturated rings. The molecule has 2 rings (SSSR count). The zero-order valence-electron chi connectivity index (χ0n) is 10.9. The van der Waals surface area contributed by atoms with E-state index in [1.165, 1.54) is 6.07 Å². The fraction of sp³-hybridized carbons (Fsp3) is 0.143. The van der Waals surface area contributed by atoms with E-state index in [0.717, 1.165) is 0 Å². The van der Waals surface area contributed by atoms with Gasteiger partial charge in [0.05, 0.1) is 0 Å². The van der Waals surface area contributed by atoms with E-state index in [1.54, 1.807) is 31.2 Å². The van der Waals surface area contributed by atoms with E-state index in [9.17, 15) is 9.59 Å². The number of ether oxygens (including phenoxy) is 1. The summed E-state index contributed by atoms with van der Waals surface area (Å²) in [7, 11) is 0. The Hall–Kier alpha value is -2.05. The van der Waals surface area contributed by atoms with Gasteiger partial charge in [-0.15, -0.1) is 11.3 Å². The van der Waals surface area contributed by atoms with E-state index >= 15 is 0 Å². The minimum atomic E-state index is -1.23. The van der Waals surface area contributed by atoms with Gasteiger partial charge in [0, 0.05) is 16.7 Å². The summed E-state index contributed by atoms with van der Waals surface area (Å²) >= 11 is 6.72. The molecule has 0 bridgehead atoms. The minimum absolute atomic E-state index is 0.0253. The molecule has 5 nitrogen and oxygen atoms in total. The Balaban J connectivity index is 2.32. The van der Waals surface area contributed by atoms with Crippen LogP contribution in [0, 0.1) is 0 Å². The number of carboxylic acids is 2. The molecule has 2 aromatic rings. The molecule has 7 heteroatoms. The van der Waals surface area contributed by atoms with Crippen LogP contribution in [0.1, 0.15) is 37.9 Å². The van der Waals surface area contributed by atoms with E-state index in [0.29, 0.717) is 21.9 Å². The predicted molar refractivity (Wildman–Crippen MR) is 78.7 cm³/mol. The molecule has 0 spiro atoms. The molecule has 0 saturated carbocycles. The van der Waals surface area contributed by atoms with Gasteiger partial charge in [0.2, 0.25) is 0 Å². The molecule has 1 atom stereocenters. The van der Waals surface area contributed by atoms with Gasteiger partial charge in [0.1, 0.15) is 16.7 Å². The average Bonchev–Trinajstić information content (AvgIpc) is 2.83. The van der Waals surface area contributed by atoms with Gasteiger partial charge in [-0.1, -0.05) is 29.8 Å². The van der Waals surface area contributed by atoms with Crippen LogP contribution in [0.4, 0.5) is 0 Å². The largest absolute Gasteiger partial charge is 0.484 e. The molecule has 1 aromatic heterocycles. The highest BCUT2D eigenvalue weighted by Crippen LogP contribution is 2.34. The third-order valence-electron chi connectivity index (χ3n) is 2.75. The molecule has 0 radical (unpaired) electrons. The first-order chi connectivity index (χ1) is 9.90. The molecule has 21 heavy (non-hydrogen) atoms. The number of carboxylic acid groups (broad SMARTS) is 2. The van der Waals surface area contributed by atoms with Crippen molar-refractivity contribution in [3.63, 3.8) is 0 Å². The first-order valence-electron chi connectivity index (χ1n) is 5.91. The Morgan fingerprint density at radius 2 is 1.90 bits per heavy atom. The highest BCUT2D eigenvalue weighted by molar-refractivity contribution is 7.16. The lowest BCUT2D eigenvalue weighted by Crippen LogP contribution is -2.06. The van der Waals surface area contributed by atoms with Crippen molar-refractivity contribution in [3.05, 3.63) is 50.7 Å². The van der Waals surface area contributed by atoms with Crippen molar-refractivity contribution in [2.24, 2.45) is 0 Å². The number of hydrogen-bond acceptors (Lipinski definition) is 4. The molecule has 0 amide bonds. The SMILES string of the molecule is C[C@@H](Oc1cc(C(=O)O)sc1C(=O)O)c1ccccc1Cl. The summed E-state index contributed by atoms with van der Waals surface area (Å²) < 4.78 is 5.59. The second kappa shape index (κ2) is 6.15. The molecule has 0 aliphatic rings. The topological polar surface area (TPSA) is 83.8 Å². The molecule has 2 N–H and O–H groups in total. The molecular weight excluding hydrogens is 316 g/mol. The molecule has 0 aliphatic heterocycles.